The van der Waals surface area contributed by atoms with Gasteiger partial charge in [0, 0.05) is 50.4 Å². The van der Waals surface area contributed by atoms with E-state index < -0.39 is 0 Å². The quantitative estimate of drug-likeness (QED) is 0.386. The topological polar surface area (TPSA) is 78.5 Å². The largest absolute Gasteiger partial charge is 0.354 e. The Kier molecular flexibility index (Phi) is 12.3. The molecule has 8 heteroatoms. The summed E-state index contributed by atoms with van der Waals surface area (Å²) in [7, 11) is 0. The van der Waals surface area contributed by atoms with Crippen LogP contribution in [0.3, 0.4) is 0 Å². The summed E-state index contributed by atoms with van der Waals surface area (Å²) in [5.74, 6) is 1.44. The van der Waals surface area contributed by atoms with Crippen LogP contribution in [-0.4, -0.2) is 53.8 Å². The monoisotopic (exact) mass is 335 g/mol. The number of carbonyl (C=O) groups excluding carboxylic acids is 3. The van der Waals surface area contributed by atoms with Crippen LogP contribution in [0.5, 0.6) is 0 Å². The van der Waals surface area contributed by atoms with Crippen molar-refractivity contribution < 1.29 is 14.4 Å². The average molecular weight is 335 g/mol. The molecule has 0 aromatic rings. The van der Waals surface area contributed by atoms with Gasteiger partial charge in [0.25, 0.3) is 0 Å². The van der Waals surface area contributed by atoms with E-state index in [1.54, 1.807) is 23.6 Å². The van der Waals surface area contributed by atoms with Crippen molar-refractivity contribution >= 4 is 42.3 Å². The van der Waals surface area contributed by atoms with Gasteiger partial charge in [-0.15, -0.1) is 0 Å². The molecule has 0 saturated carbocycles. The van der Waals surface area contributed by atoms with Crippen molar-refractivity contribution in [2.45, 2.75) is 33.1 Å². The van der Waals surface area contributed by atoms with Gasteiger partial charge in [-0.25, -0.2) is 0 Å². The van der Waals surface area contributed by atoms with Gasteiger partial charge in [0.1, 0.15) is 0 Å². The molecule has 0 aliphatic heterocycles. The third kappa shape index (κ3) is 10.5. The molecule has 0 aromatic heterocycles. The molecule has 0 unspecified atom stereocenters. The molecular weight excluding hydrogens is 310 g/mol. The predicted molar refractivity (Wildman–Crippen MR) is 89.2 cm³/mol. The van der Waals surface area contributed by atoms with Gasteiger partial charge in [-0.3, -0.25) is 14.4 Å². The van der Waals surface area contributed by atoms with Crippen LogP contribution >= 0.6 is 24.6 Å². The molecule has 0 saturated heterocycles. The summed E-state index contributed by atoms with van der Waals surface area (Å²) in [5.41, 5.74) is 0. The van der Waals surface area contributed by atoms with Gasteiger partial charge in [0.05, 0.1) is 0 Å². The van der Waals surface area contributed by atoms with Gasteiger partial charge in [-0.05, 0) is 0 Å². The van der Waals surface area contributed by atoms with Crippen molar-refractivity contribution in [2.75, 3.05) is 31.1 Å². The fraction of sp³-hybridized carbons (Fsp3) is 0.769. The first kappa shape index (κ1) is 20.1. The minimum Gasteiger partial charge on any atom is -0.354 e. The number of hydrogen-bond acceptors (Lipinski definition) is 5. The molecule has 122 valence electrons. The molecule has 0 fully saturated rings. The molecule has 0 atom stereocenters. The number of thioether (sulfide) groups is 1. The zero-order valence-electron chi connectivity index (χ0n) is 12.7. The summed E-state index contributed by atoms with van der Waals surface area (Å²) >= 11 is 5.30. The summed E-state index contributed by atoms with van der Waals surface area (Å²) in [6.45, 7) is 5.25. The van der Waals surface area contributed by atoms with E-state index in [1.165, 1.54) is 0 Å². The second-order valence-electron chi connectivity index (χ2n) is 4.34. The van der Waals surface area contributed by atoms with Crippen molar-refractivity contribution in [2.24, 2.45) is 0 Å². The van der Waals surface area contributed by atoms with E-state index in [2.05, 4.69) is 22.9 Å². The van der Waals surface area contributed by atoms with E-state index in [0.29, 0.717) is 44.6 Å². The Morgan fingerprint density at radius 1 is 1.05 bits per heavy atom. The molecule has 0 heterocycles. The fourth-order valence-electron chi connectivity index (χ4n) is 1.54. The van der Waals surface area contributed by atoms with Crippen LogP contribution in [0.2, 0.25) is 0 Å². The smallest absolute Gasteiger partial charge is 0.230 e. The lowest BCUT2D eigenvalue weighted by molar-refractivity contribution is -0.131. The van der Waals surface area contributed by atoms with Crippen molar-refractivity contribution in [3.05, 3.63) is 0 Å². The number of thiol groups is 1. The molecule has 0 rings (SSSR count). The third-order valence-corrected chi connectivity index (χ3v) is 4.00. The molecule has 6 nitrogen and oxygen atoms in total. The van der Waals surface area contributed by atoms with Crippen LogP contribution in [0.4, 0.5) is 0 Å². The van der Waals surface area contributed by atoms with Gasteiger partial charge < -0.3 is 14.9 Å². The second kappa shape index (κ2) is 12.8. The molecule has 0 aliphatic carbocycles. The molecule has 21 heavy (non-hydrogen) atoms. The van der Waals surface area contributed by atoms with Gasteiger partial charge in [-0.1, -0.05) is 26.7 Å². The Morgan fingerprint density at radius 2 is 1.76 bits per heavy atom. The van der Waals surface area contributed by atoms with E-state index >= 15 is 0 Å². The Labute approximate surface area is 136 Å². The normalized spacial score (nSPS) is 10.0. The van der Waals surface area contributed by atoms with E-state index in [9.17, 15) is 14.4 Å². The highest BCUT2D eigenvalue weighted by Gasteiger charge is 2.11. The van der Waals surface area contributed by atoms with Gasteiger partial charge in [0.15, 0.2) is 0 Å². The highest BCUT2D eigenvalue weighted by molar-refractivity contribution is 7.99. The van der Waals surface area contributed by atoms with Crippen LogP contribution in [0.25, 0.3) is 0 Å². The molecule has 0 aliphatic rings. The number of nitrogens with one attached hydrogen (secondary N) is 2. The van der Waals surface area contributed by atoms with E-state index in [0.717, 1.165) is 5.75 Å². The van der Waals surface area contributed by atoms with E-state index in [4.69, 9.17) is 0 Å². The Hall–Kier alpha value is -0.890. The first-order valence-electron chi connectivity index (χ1n) is 7.10. The van der Waals surface area contributed by atoms with E-state index in [1.807, 2.05) is 6.92 Å². The third-order valence-electron chi connectivity index (χ3n) is 2.78. The molecule has 0 spiro atoms. The van der Waals surface area contributed by atoms with Crippen molar-refractivity contribution in [3.63, 3.8) is 0 Å². The van der Waals surface area contributed by atoms with Gasteiger partial charge >= 0.3 is 0 Å². The Bertz CT molecular complexity index is 341. The lowest BCUT2D eigenvalue weighted by Crippen LogP contribution is -2.39. The maximum Gasteiger partial charge on any atom is 0.230 e. The maximum absolute atomic E-state index is 11.8. The average Bonchev–Trinajstić information content (AvgIpc) is 2.51. The van der Waals surface area contributed by atoms with Crippen LogP contribution in [0, 0.1) is 0 Å². The van der Waals surface area contributed by atoms with Gasteiger partial charge in [-0.2, -0.15) is 11.8 Å². The first-order valence-corrected chi connectivity index (χ1v) is 8.70. The van der Waals surface area contributed by atoms with Crippen LogP contribution in [-0.2, 0) is 14.4 Å². The van der Waals surface area contributed by atoms with Gasteiger partial charge in [0.2, 0.25) is 17.7 Å². The molecule has 0 bridgehead atoms. The molecule has 3 amide bonds. The summed E-state index contributed by atoms with van der Waals surface area (Å²) in [6.07, 6.45) is 1.32. The lowest BCUT2D eigenvalue weighted by atomic mass is 10.3. The van der Waals surface area contributed by atoms with Crippen LogP contribution in [0.1, 0.15) is 33.1 Å². The standard InChI is InChI=1S/C13H25N3O3S2/c1-3-11(17)14-6-7-16(13(19)4-2)8-10-21-9-5-12(18)15-20/h20H,3-10H2,1-2H3,(H,14,17)(H,15,18). The summed E-state index contributed by atoms with van der Waals surface area (Å²) in [5, 5.41) is 2.76. The maximum atomic E-state index is 11.8. The number of nitrogens with zero attached hydrogens (tertiary/aromatic N) is 1. The number of amides is 3. The molecule has 0 aromatic carbocycles. The second-order valence-corrected chi connectivity index (χ2v) is 5.78. The van der Waals surface area contributed by atoms with Crippen LogP contribution in [0.15, 0.2) is 0 Å². The first-order chi connectivity index (χ1) is 10.0. The number of carbonyl (C=O) groups is 3. The minimum absolute atomic E-state index is 0.00830. The van der Waals surface area contributed by atoms with Crippen molar-refractivity contribution in [1.29, 1.82) is 0 Å². The van der Waals surface area contributed by atoms with E-state index in [-0.39, 0.29) is 17.7 Å². The fourth-order valence-corrected chi connectivity index (χ4v) is 2.53. The summed E-state index contributed by atoms with van der Waals surface area (Å²) in [6, 6.07) is 0. The zero-order valence-corrected chi connectivity index (χ0v) is 14.4. The highest BCUT2D eigenvalue weighted by Crippen LogP contribution is 2.04. The van der Waals surface area contributed by atoms with Crippen LogP contribution < -0.4 is 10.0 Å². The summed E-state index contributed by atoms with van der Waals surface area (Å²) < 4.78 is 2.27. The highest BCUT2D eigenvalue weighted by atomic mass is 32.2. The Morgan fingerprint density at radius 3 is 2.33 bits per heavy atom. The number of rotatable bonds is 11. The molecule has 0 radical (unpaired) electrons. The predicted octanol–water partition coefficient (Wildman–Crippen LogP) is 0.835. The summed E-state index contributed by atoms with van der Waals surface area (Å²) in [4.78, 5) is 35.7. The Balaban J connectivity index is 3.94. The van der Waals surface area contributed by atoms with Crippen molar-refractivity contribution in [1.82, 2.24) is 14.9 Å². The number of hydrogen-bond donors (Lipinski definition) is 3. The molecule has 2 N–H and O–H groups in total. The van der Waals surface area contributed by atoms with Crippen molar-refractivity contribution in [3.8, 4) is 0 Å². The SMILES string of the molecule is CCC(=O)NCCN(CCSCCC(=O)NS)C(=O)CC. The molecular formula is C13H25N3O3S2. The minimum atomic E-state index is -0.102. The lowest BCUT2D eigenvalue weighted by Gasteiger charge is -2.22. The zero-order chi connectivity index (χ0) is 16.1.